The van der Waals surface area contributed by atoms with Gasteiger partial charge in [0.25, 0.3) is 0 Å². The number of carbonyl (C=O) groups is 1. The Morgan fingerprint density at radius 2 is 2.18 bits per heavy atom. The summed E-state index contributed by atoms with van der Waals surface area (Å²) in [5, 5.41) is 8.87. The first-order valence-electron chi connectivity index (χ1n) is 3.17. The molecular formula is C7H12O3S. The Labute approximate surface area is 71.5 Å². The van der Waals surface area contributed by atoms with Crippen molar-refractivity contribution in [1.29, 1.82) is 0 Å². The van der Waals surface area contributed by atoms with Gasteiger partial charge in [-0.05, 0) is 13.8 Å². The third-order valence-electron chi connectivity index (χ3n) is 0.989. The number of ether oxygens (including phenoxy) is 1. The van der Waals surface area contributed by atoms with Crippen LogP contribution < -0.4 is 0 Å². The molecule has 3 nitrogen and oxygen atoms in total. The van der Waals surface area contributed by atoms with Crippen LogP contribution in [0.3, 0.4) is 0 Å². The van der Waals surface area contributed by atoms with Gasteiger partial charge in [-0.2, -0.15) is 0 Å². The minimum absolute atomic E-state index is 0.296. The summed E-state index contributed by atoms with van der Waals surface area (Å²) in [6.45, 7) is 6.40. The summed E-state index contributed by atoms with van der Waals surface area (Å²) in [6, 6.07) is 0. The average Bonchev–Trinajstić information content (AvgIpc) is 1.87. The summed E-state index contributed by atoms with van der Waals surface area (Å²) < 4.78 is 4.65. The first-order valence-corrected chi connectivity index (χ1v) is 3.69. The lowest BCUT2D eigenvalue weighted by Crippen LogP contribution is -2.23. The van der Waals surface area contributed by atoms with Crippen molar-refractivity contribution in [1.82, 2.24) is 0 Å². The second kappa shape index (κ2) is 4.41. The third kappa shape index (κ3) is 4.06. The highest BCUT2D eigenvalue weighted by atomic mass is 32.1. The fourth-order valence-corrected chi connectivity index (χ4v) is 0.404. The fourth-order valence-electron chi connectivity index (χ4n) is 0.309. The molecule has 0 aromatic rings. The molecule has 0 aromatic heterocycles. The van der Waals surface area contributed by atoms with Crippen LogP contribution in [0.4, 0.5) is 0 Å². The lowest BCUT2D eigenvalue weighted by Gasteiger charge is -2.14. The molecular weight excluding hydrogens is 164 g/mol. The smallest absolute Gasteiger partial charge is 0.334 e. The minimum Gasteiger partial charge on any atom is -0.445 e. The summed E-state index contributed by atoms with van der Waals surface area (Å²) in [6.07, 6.45) is -0.776. The topological polar surface area (TPSA) is 46.5 Å². The molecule has 0 aliphatic carbocycles. The van der Waals surface area contributed by atoms with E-state index in [9.17, 15) is 4.79 Å². The van der Waals surface area contributed by atoms with Crippen molar-refractivity contribution in [2.24, 2.45) is 0 Å². The Hall–Kier alpha value is -0.480. The van der Waals surface area contributed by atoms with Gasteiger partial charge in [0, 0.05) is 5.57 Å². The van der Waals surface area contributed by atoms with E-state index in [1.165, 1.54) is 13.8 Å². The number of hydrogen-bond acceptors (Lipinski definition) is 4. The summed E-state index contributed by atoms with van der Waals surface area (Å²) in [4.78, 5) is 10.8. The van der Waals surface area contributed by atoms with E-state index >= 15 is 0 Å². The molecule has 0 spiro atoms. The molecule has 0 saturated carbocycles. The van der Waals surface area contributed by atoms with Crippen LogP contribution in [0, 0.1) is 0 Å². The van der Waals surface area contributed by atoms with Crippen molar-refractivity contribution in [2.75, 3.05) is 0 Å². The van der Waals surface area contributed by atoms with Gasteiger partial charge in [-0.1, -0.05) is 6.58 Å². The van der Waals surface area contributed by atoms with E-state index in [4.69, 9.17) is 5.11 Å². The molecule has 11 heavy (non-hydrogen) atoms. The zero-order chi connectivity index (χ0) is 9.02. The van der Waals surface area contributed by atoms with Crippen LogP contribution in [0.2, 0.25) is 0 Å². The first kappa shape index (κ1) is 10.5. The molecule has 0 amide bonds. The van der Waals surface area contributed by atoms with Crippen molar-refractivity contribution in [3.05, 3.63) is 12.2 Å². The van der Waals surface area contributed by atoms with Gasteiger partial charge in [0.15, 0.2) is 5.44 Å². The minimum atomic E-state index is -0.779. The zero-order valence-corrected chi connectivity index (χ0v) is 7.47. The van der Waals surface area contributed by atoms with Gasteiger partial charge in [-0.25, -0.2) is 4.79 Å². The predicted octanol–water partition coefficient (Wildman–Crippen LogP) is 0.742. The number of hydrogen-bond donors (Lipinski definition) is 2. The van der Waals surface area contributed by atoms with Crippen molar-refractivity contribution in [3.63, 3.8) is 0 Å². The summed E-state index contributed by atoms with van der Waals surface area (Å²) >= 11 is 3.82. The lowest BCUT2D eigenvalue weighted by atomic mass is 10.3. The molecule has 0 bridgehead atoms. The number of esters is 1. The van der Waals surface area contributed by atoms with Gasteiger partial charge in [-0.15, -0.1) is 12.6 Å². The summed E-state index contributed by atoms with van der Waals surface area (Å²) in [5.74, 6) is -0.536. The van der Waals surface area contributed by atoms with E-state index in [0.717, 1.165) is 0 Å². The highest BCUT2D eigenvalue weighted by molar-refractivity contribution is 7.80. The van der Waals surface area contributed by atoms with Gasteiger partial charge in [0.1, 0.15) is 0 Å². The van der Waals surface area contributed by atoms with Crippen LogP contribution in [-0.4, -0.2) is 22.6 Å². The number of carbonyl (C=O) groups excluding carboxylic acids is 1. The molecule has 0 fully saturated rings. The monoisotopic (exact) mass is 176 g/mol. The van der Waals surface area contributed by atoms with Crippen LogP contribution in [0.1, 0.15) is 13.8 Å². The molecule has 0 aliphatic rings. The number of aliphatic hydroxyl groups excluding tert-OH is 1. The first-order chi connectivity index (χ1) is 4.95. The van der Waals surface area contributed by atoms with E-state index in [1.54, 1.807) is 0 Å². The number of thiol groups is 1. The quantitative estimate of drug-likeness (QED) is 0.288. The van der Waals surface area contributed by atoms with Crippen molar-refractivity contribution in [2.45, 2.75) is 25.4 Å². The van der Waals surface area contributed by atoms with E-state index in [-0.39, 0.29) is 0 Å². The van der Waals surface area contributed by atoms with Crippen LogP contribution in [0.25, 0.3) is 0 Å². The second-order valence-electron chi connectivity index (χ2n) is 2.32. The average molecular weight is 176 g/mol. The zero-order valence-electron chi connectivity index (χ0n) is 6.57. The van der Waals surface area contributed by atoms with E-state index in [2.05, 4.69) is 23.9 Å². The molecule has 0 heterocycles. The predicted molar refractivity (Wildman–Crippen MR) is 45.4 cm³/mol. The Morgan fingerprint density at radius 3 is 2.45 bits per heavy atom. The van der Waals surface area contributed by atoms with Gasteiger partial charge >= 0.3 is 5.97 Å². The standard InChI is InChI=1S/C7H12O3S/c1-4(2)6(9)10-7(11)5(3)8/h5,7-8,11H,1H2,2-3H3. The molecule has 2 unspecified atom stereocenters. The van der Waals surface area contributed by atoms with Crippen LogP contribution in [0.5, 0.6) is 0 Å². The molecule has 4 heteroatoms. The van der Waals surface area contributed by atoms with Gasteiger partial charge < -0.3 is 9.84 Å². The van der Waals surface area contributed by atoms with Gasteiger partial charge in [0.05, 0.1) is 6.10 Å². The van der Waals surface area contributed by atoms with Crippen molar-refractivity contribution < 1.29 is 14.6 Å². The molecule has 2 atom stereocenters. The second-order valence-corrected chi connectivity index (χ2v) is 2.83. The third-order valence-corrected chi connectivity index (χ3v) is 1.53. The summed E-state index contributed by atoms with van der Waals surface area (Å²) in [7, 11) is 0. The normalized spacial score (nSPS) is 15.3. The Morgan fingerprint density at radius 1 is 1.73 bits per heavy atom. The Bertz CT molecular complexity index is 165. The maximum atomic E-state index is 10.8. The molecule has 0 saturated heterocycles. The molecule has 1 N–H and O–H groups in total. The molecule has 0 aliphatic heterocycles. The summed E-state index contributed by atoms with van der Waals surface area (Å²) in [5.41, 5.74) is -0.483. The molecule has 64 valence electrons. The molecule has 0 rings (SSSR count). The Kier molecular flexibility index (Phi) is 4.22. The van der Waals surface area contributed by atoms with Crippen molar-refractivity contribution >= 4 is 18.6 Å². The van der Waals surface area contributed by atoms with E-state index in [0.29, 0.717) is 5.57 Å². The number of aliphatic hydroxyl groups is 1. The largest absolute Gasteiger partial charge is 0.445 e. The highest BCUT2D eigenvalue weighted by Crippen LogP contribution is 2.06. The van der Waals surface area contributed by atoms with Crippen molar-refractivity contribution in [3.8, 4) is 0 Å². The highest BCUT2D eigenvalue weighted by Gasteiger charge is 2.14. The Balaban J connectivity index is 3.85. The molecule has 0 aromatic carbocycles. The maximum Gasteiger partial charge on any atom is 0.334 e. The van der Waals surface area contributed by atoms with Crippen LogP contribution >= 0.6 is 12.6 Å². The maximum absolute atomic E-state index is 10.8. The van der Waals surface area contributed by atoms with E-state index in [1.807, 2.05) is 0 Å². The SMILES string of the molecule is C=C(C)C(=O)OC(S)C(C)O. The number of rotatable bonds is 3. The fraction of sp³-hybridized carbons (Fsp3) is 0.571. The lowest BCUT2D eigenvalue weighted by molar-refractivity contribution is -0.143. The molecule has 0 radical (unpaired) electrons. The van der Waals surface area contributed by atoms with Crippen LogP contribution in [0.15, 0.2) is 12.2 Å². The van der Waals surface area contributed by atoms with Gasteiger partial charge in [0.2, 0.25) is 0 Å². The van der Waals surface area contributed by atoms with Gasteiger partial charge in [-0.3, -0.25) is 0 Å². The van der Waals surface area contributed by atoms with Crippen LogP contribution in [-0.2, 0) is 9.53 Å². The van der Waals surface area contributed by atoms with E-state index < -0.39 is 17.5 Å².